The maximum Gasteiger partial charge on any atom is 0.0275 e. The molecule has 0 aliphatic heterocycles. The molecule has 0 saturated heterocycles. The maximum atomic E-state index is 3.82. The van der Waals surface area contributed by atoms with Crippen molar-refractivity contribution < 1.29 is 0 Å². The molecule has 0 amide bonds. The molecule has 1 heteroatoms. The number of aromatic amines is 1. The van der Waals surface area contributed by atoms with E-state index in [0.717, 1.165) is 6.42 Å². The molecule has 1 N–H and O–H groups in total. The molecule has 0 bridgehead atoms. The summed E-state index contributed by atoms with van der Waals surface area (Å²) < 4.78 is 0. The standard InChI is InChI=1S/C14H15N/c1-2-7-13(14-10-6-11-15-14)12-8-4-3-5-9-12/h2-6,8-11,13,15H,1,7H2. The van der Waals surface area contributed by atoms with Crippen molar-refractivity contribution >= 4 is 0 Å². The van der Waals surface area contributed by atoms with Crippen LogP contribution < -0.4 is 0 Å². The van der Waals surface area contributed by atoms with E-state index < -0.39 is 0 Å². The summed E-state index contributed by atoms with van der Waals surface area (Å²) in [6.07, 6.45) is 4.90. The number of hydrogen-bond donors (Lipinski definition) is 1. The summed E-state index contributed by atoms with van der Waals surface area (Å²) in [6.45, 7) is 3.82. The van der Waals surface area contributed by atoms with Crippen LogP contribution in [0.4, 0.5) is 0 Å². The van der Waals surface area contributed by atoms with Crippen molar-refractivity contribution in [3.63, 3.8) is 0 Å². The van der Waals surface area contributed by atoms with Crippen LogP contribution in [0.5, 0.6) is 0 Å². The molecule has 0 aliphatic rings. The lowest BCUT2D eigenvalue weighted by Crippen LogP contribution is -1.99. The van der Waals surface area contributed by atoms with Crippen molar-refractivity contribution in [3.05, 3.63) is 72.6 Å². The third-order valence-electron chi connectivity index (χ3n) is 2.60. The van der Waals surface area contributed by atoms with Gasteiger partial charge in [0.25, 0.3) is 0 Å². The summed E-state index contributed by atoms with van der Waals surface area (Å²) in [5.41, 5.74) is 2.58. The number of aromatic nitrogens is 1. The van der Waals surface area contributed by atoms with Crippen molar-refractivity contribution in [2.24, 2.45) is 0 Å². The quantitative estimate of drug-likeness (QED) is 0.719. The van der Waals surface area contributed by atoms with E-state index in [4.69, 9.17) is 0 Å². The number of rotatable bonds is 4. The summed E-state index contributed by atoms with van der Waals surface area (Å²) in [7, 11) is 0. The zero-order valence-electron chi connectivity index (χ0n) is 8.69. The lowest BCUT2D eigenvalue weighted by atomic mass is 9.93. The molecular weight excluding hydrogens is 182 g/mol. The van der Waals surface area contributed by atoms with Gasteiger partial charge in [0.05, 0.1) is 0 Å². The van der Waals surface area contributed by atoms with Crippen LogP contribution in [0.15, 0.2) is 61.3 Å². The van der Waals surface area contributed by atoms with Gasteiger partial charge in [0, 0.05) is 17.8 Å². The first-order valence-electron chi connectivity index (χ1n) is 5.21. The lowest BCUT2D eigenvalue weighted by Gasteiger charge is -2.13. The number of hydrogen-bond acceptors (Lipinski definition) is 0. The molecule has 1 unspecified atom stereocenters. The summed E-state index contributed by atoms with van der Waals surface area (Å²) in [4.78, 5) is 3.27. The van der Waals surface area contributed by atoms with Crippen LogP contribution in [0, 0.1) is 0 Å². The first-order valence-corrected chi connectivity index (χ1v) is 5.21. The number of nitrogens with one attached hydrogen (secondary N) is 1. The third-order valence-corrected chi connectivity index (χ3v) is 2.60. The monoisotopic (exact) mass is 197 g/mol. The van der Waals surface area contributed by atoms with Crippen molar-refractivity contribution in [1.29, 1.82) is 0 Å². The Morgan fingerprint density at radius 2 is 1.93 bits per heavy atom. The van der Waals surface area contributed by atoms with Crippen LogP contribution in [-0.2, 0) is 0 Å². The molecule has 1 aromatic carbocycles. The van der Waals surface area contributed by atoms with Gasteiger partial charge in [0.15, 0.2) is 0 Å². The Labute approximate surface area is 90.5 Å². The van der Waals surface area contributed by atoms with Gasteiger partial charge in [0.2, 0.25) is 0 Å². The molecule has 1 nitrogen and oxygen atoms in total. The van der Waals surface area contributed by atoms with Gasteiger partial charge in [-0.1, -0.05) is 36.4 Å². The highest BCUT2D eigenvalue weighted by Crippen LogP contribution is 2.26. The minimum atomic E-state index is 0.402. The SMILES string of the molecule is C=CCC(c1ccccc1)c1ccc[nH]1. The fourth-order valence-electron chi connectivity index (χ4n) is 1.86. The van der Waals surface area contributed by atoms with E-state index in [0.29, 0.717) is 5.92 Å². The molecule has 2 aromatic rings. The minimum Gasteiger partial charge on any atom is -0.364 e. The van der Waals surface area contributed by atoms with Gasteiger partial charge in [-0.3, -0.25) is 0 Å². The zero-order valence-corrected chi connectivity index (χ0v) is 8.69. The van der Waals surface area contributed by atoms with Crippen molar-refractivity contribution in [2.75, 3.05) is 0 Å². The van der Waals surface area contributed by atoms with Crippen LogP contribution in [0.1, 0.15) is 23.6 Å². The molecule has 0 fully saturated rings. The Morgan fingerprint density at radius 1 is 1.13 bits per heavy atom. The van der Waals surface area contributed by atoms with Gasteiger partial charge in [-0.15, -0.1) is 6.58 Å². The van der Waals surface area contributed by atoms with Gasteiger partial charge in [0.1, 0.15) is 0 Å². The summed E-state index contributed by atoms with van der Waals surface area (Å²) in [6, 6.07) is 14.7. The molecule has 76 valence electrons. The molecule has 1 aromatic heterocycles. The van der Waals surface area contributed by atoms with E-state index in [1.54, 1.807) is 0 Å². The van der Waals surface area contributed by atoms with Gasteiger partial charge in [-0.25, -0.2) is 0 Å². The Kier molecular flexibility index (Phi) is 3.03. The van der Waals surface area contributed by atoms with Gasteiger partial charge in [-0.05, 0) is 24.1 Å². The number of allylic oxidation sites excluding steroid dienone is 1. The molecule has 0 spiro atoms. The number of benzene rings is 1. The van der Waals surface area contributed by atoms with Crippen LogP contribution in [0.2, 0.25) is 0 Å². The normalized spacial score (nSPS) is 12.3. The maximum absolute atomic E-state index is 3.82. The molecule has 0 radical (unpaired) electrons. The smallest absolute Gasteiger partial charge is 0.0275 e. The molecule has 1 heterocycles. The Bertz CT molecular complexity index is 400. The van der Waals surface area contributed by atoms with E-state index in [1.807, 2.05) is 24.4 Å². The first kappa shape index (κ1) is 9.78. The molecule has 15 heavy (non-hydrogen) atoms. The summed E-state index contributed by atoms with van der Waals surface area (Å²) in [5.74, 6) is 0.402. The second kappa shape index (κ2) is 4.65. The molecule has 0 saturated carbocycles. The van der Waals surface area contributed by atoms with Gasteiger partial charge < -0.3 is 4.98 Å². The predicted octanol–water partition coefficient (Wildman–Crippen LogP) is 3.72. The van der Waals surface area contributed by atoms with E-state index in [1.165, 1.54) is 11.3 Å². The molecule has 0 aliphatic carbocycles. The van der Waals surface area contributed by atoms with Crippen LogP contribution >= 0.6 is 0 Å². The van der Waals surface area contributed by atoms with Crippen LogP contribution in [-0.4, -0.2) is 4.98 Å². The van der Waals surface area contributed by atoms with E-state index >= 15 is 0 Å². The number of H-pyrrole nitrogens is 1. The lowest BCUT2D eigenvalue weighted by molar-refractivity contribution is 0.803. The average molecular weight is 197 g/mol. The average Bonchev–Trinajstić information content (AvgIpc) is 2.80. The highest BCUT2D eigenvalue weighted by Gasteiger charge is 2.12. The Balaban J connectivity index is 2.32. The largest absolute Gasteiger partial charge is 0.364 e. The Hall–Kier alpha value is -1.76. The first-order chi connectivity index (χ1) is 7.42. The van der Waals surface area contributed by atoms with E-state index in [-0.39, 0.29) is 0 Å². The third kappa shape index (κ3) is 2.18. The fraction of sp³-hybridized carbons (Fsp3) is 0.143. The van der Waals surface area contributed by atoms with Crippen LogP contribution in [0.3, 0.4) is 0 Å². The van der Waals surface area contributed by atoms with Crippen molar-refractivity contribution in [2.45, 2.75) is 12.3 Å². The zero-order chi connectivity index (χ0) is 10.5. The predicted molar refractivity (Wildman–Crippen MR) is 63.9 cm³/mol. The van der Waals surface area contributed by atoms with E-state index in [2.05, 4.69) is 41.9 Å². The fourth-order valence-corrected chi connectivity index (χ4v) is 1.86. The topological polar surface area (TPSA) is 15.8 Å². The second-order valence-corrected chi connectivity index (χ2v) is 3.61. The Morgan fingerprint density at radius 3 is 2.53 bits per heavy atom. The van der Waals surface area contributed by atoms with Crippen molar-refractivity contribution in [1.82, 2.24) is 4.98 Å². The highest BCUT2D eigenvalue weighted by atomic mass is 14.7. The second-order valence-electron chi connectivity index (χ2n) is 3.61. The van der Waals surface area contributed by atoms with Crippen LogP contribution in [0.25, 0.3) is 0 Å². The van der Waals surface area contributed by atoms with Crippen molar-refractivity contribution in [3.8, 4) is 0 Å². The molecule has 2 rings (SSSR count). The summed E-state index contributed by atoms with van der Waals surface area (Å²) in [5, 5.41) is 0. The van der Waals surface area contributed by atoms with E-state index in [9.17, 15) is 0 Å². The minimum absolute atomic E-state index is 0.402. The summed E-state index contributed by atoms with van der Waals surface area (Å²) >= 11 is 0. The van der Waals surface area contributed by atoms with Gasteiger partial charge in [-0.2, -0.15) is 0 Å². The molecule has 1 atom stereocenters. The molecular formula is C14H15N. The highest BCUT2D eigenvalue weighted by molar-refractivity contribution is 5.29. The van der Waals surface area contributed by atoms with Gasteiger partial charge >= 0.3 is 0 Å².